The van der Waals surface area contributed by atoms with E-state index < -0.39 is 11.6 Å². The summed E-state index contributed by atoms with van der Waals surface area (Å²) < 4.78 is 26.8. The standard InChI is InChI=1S/C15H11F2N3/c16-11-4-5-12(17)14(7-11)20-15-10(8-18)6-9-2-1-3-13(9)19-15/h4-7H,1-3H2,(H,19,20). The maximum absolute atomic E-state index is 13.6. The van der Waals surface area contributed by atoms with Crippen molar-refractivity contribution in [2.24, 2.45) is 0 Å². The first-order chi connectivity index (χ1) is 9.67. The summed E-state index contributed by atoms with van der Waals surface area (Å²) in [6.45, 7) is 0. The highest BCUT2D eigenvalue weighted by Crippen LogP contribution is 2.27. The average Bonchev–Trinajstić information content (AvgIpc) is 2.89. The van der Waals surface area contributed by atoms with Crippen LogP contribution >= 0.6 is 0 Å². The maximum atomic E-state index is 13.6. The molecular formula is C15H11F2N3. The molecule has 3 nitrogen and oxygen atoms in total. The summed E-state index contributed by atoms with van der Waals surface area (Å²) in [6, 6.07) is 6.94. The molecule has 1 aromatic heterocycles. The zero-order valence-electron chi connectivity index (χ0n) is 10.6. The third kappa shape index (κ3) is 2.21. The second-order valence-corrected chi connectivity index (χ2v) is 4.70. The van der Waals surface area contributed by atoms with Crippen LogP contribution in [-0.4, -0.2) is 4.98 Å². The number of nitrogens with one attached hydrogen (secondary N) is 1. The van der Waals surface area contributed by atoms with Gasteiger partial charge in [0.25, 0.3) is 0 Å². The number of halogens is 2. The zero-order valence-corrected chi connectivity index (χ0v) is 10.6. The molecule has 0 amide bonds. The SMILES string of the molecule is N#Cc1cc2c(nc1Nc1cc(F)ccc1F)CCC2. The van der Waals surface area contributed by atoms with Crippen molar-refractivity contribution < 1.29 is 8.78 Å². The monoisotopic (exact) mass is 271 g/mol. The van der Waals surface area contributed by atoms with E-state index in [4.69, 9.17) is 5.26 Å². The Kier molecular flexibility index (Phi) is 3.07. The van der Waals surface area contributed by atoms with E-state index in [1.165, 1.54) is 0 Å². The second-order valence-electron chi connectivity index (χ2n) is 4.70. The molecule has 0 spiro atoms. The number of hydrogen-bond donors (Lipinski definition) is 1. The van der Waals surface area contributed by atoms with Crippen molar-refractivity contribution in [3.8, 4) is 6.07 Å². The summed E-state index contributed by atoms with van der Waals surface area (Å²) >= 11 is 0. The van der Waals surface area contributed by atoms with Crippen molar-refractivity contribution in [3.63, 3.8) is 0 Å². The van der Waals surface area contributed by atoms with Gasteiger partial charge in [-0.2, -0.15) is 5.26 Å². The van der Waals surface area contributed by atoms with Crippen LogP contribution in [0.1, 0.15) is 23.2 Å². The number of nitrogens with zero attached hydrogens (tertiary/aromatic N) is 2. The highest BCUT2D eigenvalue weighted by atomic mass is 19.1. The summed E-state index contributed by atoms with van der Waals surface area (Å²) in [5.74, 6) is -0.858. The van der Waals surface area contributed by atoms with Crippen LogP contribution in [0.4, 0.5) is 20.3 Å². The van der Waals surface area contributed by atoms with E-state index in [0.717, 1.165) is 48.7 Å². The van der Waals surface area contributed by atoms with E-state index >= 15 is 0 Å². The molecule has 1 heterocycles. The molecule has 3 rings (SSSR count). The highest BCUT2D eigenvalue weighted by molar-refractivity contribution is 5.64. The highest BCUT2D eigenvalue weighted by Gasteiger charge is 2.17. The predicted molar refractivity (Wildman–Crippen MR) is 70.6 cm³/mol. The molecule has 0 saturated carbocycles. The van der Waals surface area contributed by atoms with Gasteiger partial charge in [0.1, 0.15) is 23.5 Å². The number of fused-ring (bicyclic) bond motifs is 1. The average molecular weight is 271 g/mol. The van der Waals surface area contributed by atoms with Gasteiger partial charge in [-0.15, -0.1) is 0 Å². The molecule has 1 N–H and O–H groups in total. The number of anilines is 2. The van der Waals surface area contributed by atoms with Crippen LogP contribution in [0.25, 0.3) is 0 Å². The molecule has 0 atom stereocenters. The molecule has 0 bridgehead atoms. The first-order valence-electron chi connectivity index (χ1n) is 6.32. The van der Waals surface area contributed by atoms with Crippen LogP contribution in [-0.2, 0) is 12.8 Å². The minimum atomic E-state index is -0.586. The van der Waals surface area contributed by atoms with Crippen LogP contribution < -0.4 is 5.32 Å². The van der Waals surface area contributed by atoms with E-state index in [9.17, 15) is 8.78 Å². The summed E-state index contributed by atoms with van der Waals surface area (Å²) in [5.41, 5.74) is 2.30. The fraction of sp³-hybridized carbons (Fsp3) is 0.200. The third-order valence-electron chi connectivity index (χ3n) is 3.35. The van der Waals surface area contributed by atoms with Crippen molar-refractivity contribution in [3.05, 3.63) is 52.7 Å². The van der Waals surface area contributed by atoms with Crippen molar-refractivity contribution in [1.82, 2.24) is 4.98 Å². The lowest BCUT2D eigenvalue weighted by atomic mass is 10.1. The molecule has 1 aromatic carbocycles. The normalized spacial score (nSPS) is 12.8. The van der Waals surface area contributed by atoms with Crippen molar-refractivity contribution in [2.75, 3.05) is 5.32 Å². The molecule has 100 valence electrons. The summed E-state index contributed by atoms with van der Waals surface area (Å²) in [7, 11) is 0. The summed E-state index contributed by atoms with van der Waals surface area (Å²) in [5, 5.41) is 11.9. The van der Waals surface area contributed by atoms with Crippen LogP contribution in [0, 0.1) is 23.0 Å². The Morgan fingerprint density at radius 3 is 2.85 bits per heavy atom. The van der Waals surface area contributed by atoms with Gasteiger partial charge >= 0.3 is 0 Å². The van der Waals surface area contributed by atoms with E-state index in [2.05, 4.69) is 10.3 Å². The molecule has 0 unspecified atom stereocenters. The molecule has 20 heavy (non-hydrogen) atoms. The zero-order chi connectivity index (χ0) is 14.1. The predicted octanol–water partition coefficient (Wildman–Crippen LogP) is 3.46. The van der Waals surface area contributed by atoms with E-state index in [0.29, 0.717) is 5.56 Å². The van der Waals surface area contributed by atoms with E-state index in [1.54, 1.807) is 6.07 Å². The minimum absolute atomic E-state index is 0.0213. The smallest absolute Gasteiger partial charge is 0.148 e. The van der Waals surface area contributed by atoms with Gasteiger partial charge in [0.2, 0.25) is 0 Å². The summed E-state index contributed by atoms with van der Waals surface area (Å²) in [4.78, 5) is 4.37. The molecular weight excluding hydrogens is 260 g/mol. The minimum Gasteiger partial charge on any atom is -0.337 e. The lowest BCUT2D eigenvalue weighted by Gasteiger charge is -2.10. The van der Waals surface area contributed by atoms with Crippen LogP contribution in [0.3, 0.4) is 0 Å². The van der Waals surface area contributed by atoms with E-state index in [1.807, 2.05) is 6.07 Å². The number of benzene rings is 1. The lowest BCUT2D eigenvalue weighted by molar-refractivity contribution is 0.603. The van der Waals surface area contributed by atoms with Gasteiger partial charge in [-0.05, 0) is 43.0 Å². The van der Waals surface area contributed by atoms with Crippen LogP contribution in [0.5, 0.6) is 0 Å². The van der Waals surface area contributed by atoms with E-state index in [-0.39, 0.29) is 11.5 Å². The first-order valence-corrected chi connectivity index (χ1v) is 6.32. The van der Waals surface area contributed by atoms with Crippen molar-refractivity contribution in [1.29, 1.82) is 5.26 Å². The maximum Gasteiger partial charge on any atom is 0.148 e. The number of aryl methyl sites for hydroxylation is 2. The molecule has 0 fully saturated rings. The largest absolute Gasteiger partial charge is 0.337 e. The Labute approximate surface area is 114 Å². The number of aromatic nitrogens is 1. The Morgan fingerprint density at radius 2 is 2.05 bits per heavy atom. The van der Waals surface area contributed by atoms with Gasteiger partial charge in [0.15, 0.2) is 0 Å². The third-order valence-corrected chi connectivity index (χ3v) is 3.35. The number of pyridine rings is 1. The van der Waals surface area contributed by atoms with Gasteiger partial charge in [-0.3, -0.25) is 0 Å². The fourth-order valence-electron chi connectivity index (χ4n) is 2.37. The van der Waals surface area contributed by atoms with Gasteiger partial charge in [-0.1, -0.05) is 0 Å². The molecule has 0 saturated heterocycles. The molecule has 5 heteroatoms. The topological polar surface area (TPSA) is 48.7 Å². The first kappa shape index (κ1) is 12.5. The Morgan fingerprint density at radius 1 is 1.20 bits per heavy atom. The summed E-state index contributed by atoms with van der Waals surface area (Å²) in [6.07, 6.45) is 2.76. The molecule has 1 aliphatic rings. The van der Waals surface area contributed by atoms with Crippen molar-refractivity contribution >= 4 is 11.5 Å². The van der Waals surface area contributed by atoms with Crippen LogP contribution in [0.2, 0.25) is 0 Å². The number of hydrogen-bond acceptors (Lipinski definition) is 3. The van der Waals surface area contributed by atoms with Gasteiger partial charge in [-0.25, -0.2) is 13.8 Å². The Hall–Kier alpha value is -2.48. The van der Waals surface area contributed by atoms with Gasteiger partial charge in [0, 0.05) is 11.8 Å². The quantitative estimate of drug-likeness (QED) is 0.909. The second kappa shape index (κ2) is 4.89. The number of nitriles is 1. The molecule has 0 radical (unpaired) electrons. The fourth-order valence-corrected chi connectivity index (χ4v) is 2.37. The molecule has 0 aliphatic heterocycles. The Balaban J connectivity index is 2.02. The molecule has 1 aliphatic carbocycles. The van der Waals surface area contributed by atoms with Crippen LogP contribution in [0.15, 0.2) is 24.3 Å². The number of rotatable bonds is 2. The van der Waals surface area contributed by atoms with Gasteiger partial charge in [0.05, 0.1) is 11.3 Å². The lowest BCUT2D eigenvalue weighted by Crippen LogP contribution is -2.02. The molecule has 2 aromatic rings. The van der Waals surface area contributed by atoms with Crippen molar-refractivity contribution in [2.45, 2.75) is 19.3 Å². The van der Waals surface area contributed by atoms with Gasteiger partial charge < -0.3 is 5.32 Å². The Bertz CT molecular complexity index is 720.